The number of hydrogen-bond acceptors (Lipinski definition) is 6. The van der Waals surface area contributed by atoms with E-state index in [-0.39, 0.29) is 4.90 Å². The van der Waals surface area contributed by atoms with Gasteiger partial charge in [-0.15, -0.1) is 0 Å². The number of nitrogens with zero attached hydrogens (tertiary/aromatic N) is 2. The van der Waals surface area contributed by atoms with Gasteiger partial charge in [-0.1, -0.05) is 0 Å². The van der Waals surface area contributed by atoms with Gasteiger partial charge in [0.25, 0.3) is 10.0 Å². The Labute approximate surface area is 188 Å². The number of nitrogens with one attached hydrogen (secondary N) is 1. The smallest absolute Gasteiger partial charge is 0.264 e. The highest BCUT2D eigenvalue weighted by Crippen LogP contribution is 2.26. The highest BCUT2D eigenvalue weighted by atomic mass is 32.2. The van der Waals surface area contributed by atoms with Crippen molar-refractivity contribution < 1.29 is 27.1 Å². The molecule has 1 amide bonds. The minimum Gasteiger partial charge on any atom is -0.494 e. The Bertz CT molecular complexity index is 978. The lowest BCUT2D eigenvalue weighted by Crippen LogP contribution is -2.44. The molecule has 0 radical (unpaired) electrons. The molecule has 0 aliphatic carbocycles. The van der Waals surface area contributed by atoms with Crippen molar-refractivity contribution in [2.45, 2.75) is 11.8 Å². The van der Waals surface area contributed by atoms with Crippen molar-refractivity contribution in [3.63, 3.8) is 0 Å². The first-order valence-corrected chi connectivity index (χ1v) is 11.9. The Kier molecular flexibility index (Phi) is 8.43. The van der Waals surface area contributed by atoms with Crippen molar-refractivity contribution >= 4 is 21.6 Å². The van der Waals surface area contributed by atoms with Gasteiger partial charge < -0.3 is 14.8 Å². The van der Waals surface area contributed by atoms with Crippen LogP contribution in [0, 0.1) is 5.82 Å². The number of anilines is 1. The Hall–Kier alpha value is -2.69. The molecule has 0 atom stereocenters. The molecule has 2 aromatic carbocycles. The maximum atomic E-state index is 13.3. The zero-order valence-corrected chi connectivity index (χ0v) is 18.8. The van der Waals surface area contributed by atoms with Crippen molar-refractivity contribution in [3.05, 3.63) is 54.3 Å². The van der Waals surface area contributed by atoms with Gasteiger partial charge in [-0.05, 0) is 55.5 Å². The standard InChI is InChI=1S/C22H28FN3O5S/c1-2-31-20-7-5-19(6-8-20)26(32(28,29)21-9-3-18(23)4-10-21)17-22(27)24-11-12-25-13-15-30-16-14-25/h3-10H,2,11-17H2,1H3,(H,24,27). The fourth-order valence-corrected chi connectivity index (χ4v) is 4.71. The maximum absolute atomic E-state index is 13.3. The summed E-state index contributed by atoms with van der Waals surface area (Å²) in [5, 5.41) is 2.78. The van der Waals surface area contributed by atoms with Crippen LogP contribution >= 0.6 is 0 Å². The lowest BCUT2D eigenvalue weighted by atomic mass is 10.3. The van der Waals surface area contributed by atoms with Crippen LogP contribution in [0.15, 0.2) is 53.4 Å². The highest BCUT2D eigenvalue weighted by molar-refractivity contribution is 7.92. The van der Waals surface area contributed by atoms with E-state index in [0.717, 1.165) is 29.5 Å². The van der Waals surface area contributed by atoms with E-state index >= 15 is 0 Å². The Balaban J connectivity index is 1.75. The molecule has 1 aliphatic heterocycles. The van der Waals surface area contributed by atoms with Gasteiger partial charge in [-0.3, -0.25) is 14.0 Å². The largest absolute Gasteiger partial charge is 0.494 e. The van der Waals surface area contributed by atoms with Crippen molar-refractivity contribution in [2.24, 2.45) is 0 Å². The van der Waals surface area contributed by atoms with Crippen molar-refractivity contribution in [3.8, 4) is 5.75 Å². The molecular formula is C22H28FN3O5S. The second-order valence-electron chi connectivity index (χ2n) is 7.20. The number of morpholine rings is 1. The summed E-state index contributed by atoms with van der Waals surface area (Å²) in [6.07, 6.45) is 0. The summed E-state index contributed by atoms with van der Waals surface area (Å²) in [6, 6.07) is 11.0. The van der Waals surface area contributed by atoms with Gasteiger partial charge in [0.15, 0.2) is 0 Å². The van der Waals surface area contributed by atoms with E-state index in [1.165, 1.54) is 12.1 Å². The SMILES string of the molecule is CCOc1ccc(N(CC(=O)NCCN2CCOCC2)S(=O)(=O)c2ccc(F)cc2)cc1. The molecule has 1 N–H and O–H groups in total. The van der Waals surface area contributed by atoms with E-state index in [9.17, 15) is 17.6 Å². The molecule has 174 valence electrons. The number of ether oxygens (including phenoxy) is 2. The van der Waals surface area contributed by atoms with Crippen LogP contribution in [0.2, 0.25) is 0 Å². The fourth-order valence-electron chi connectivity index (χ4n) is 3.29. The first-order valence-electron chi connectivity index (χ1n) is 10.5. The molecule has 0 unspecified atom stereocenters. The third-order valence-electron chi connectivity index (χ3n) is 4.98. The fraction of sp³-hybridized carbons (Fsp3) is 0.409. The van der Waals surface area contributed by atoms with E-state index in [0.29, 0.717) is 44.3 Å². The minimum atomic E-state index is -4.10. The van der Waals surface area contributed by atoms with Crippen LogP contribution < -0.4 is 14.4 Å². The number of amides is 1. The van der Waals surface area contributed by atoms with Gasteiger partial charge in [-0.2, -0.15) is 0 Å². The van der Waals surface area contributed by atoms with Gasteiger partial charge in [0.05, 0.1) is 30.4 Å². The molecule has 1 saturated heterocycles. The minimum absolute atomic E-state index is 0.103. The molecule has 1 fully saturated rings. The van der Waals surface area contributed by atoms with Crippen LogP contribution in [-0.2, 0) is 19.6 Å². The average molecular weight is 466 g/mol. The van der Waals surface area contributed by atoms with Crippen LogP contribution in [0.1, 0.15) is 6.92 Å². The Morgan fingerprint density at radius 3 is 2.41 bits per heavy atom. The third-order valence-corrected chi connectivity index (χ3v) is 6.77. The van der Waals surface area contributed by atoms with E-state index < -0.39 is 28.3 Å². The Morgan fingerprint density at radius 2 is 1.78 bits per heavy atom. The van der Waals surface area contributed by atoms with Gasteiger partial charge in [-0.25, -0.2) is 12.8 Å². The molecular weight excluding hydrogens is 437 g/mol. The zero-order chi connectivity index (χ0) is 23.0. The van der Waals surface area contributed by atoms with Crippen LogP contribution in [0.25, 0.3) is 0 Å². The molecule has 8 nitrogen and oxygen atoms in total. The monoisotopic (exact) mass is 465 g/mol. The van der Waals surface area contributed by atoms with Crippen LogP contribution in [-0.4, -0.2) is 71.8 Å². The van der Waals surface area contributed by atoms with Crippen molar-refractivity contribution in [1.82, 2.24) is 10.2 Å². The number of rotatable bonds is 10. The molecule has 2 aromatic rings. The molecule has 0 aromatic heterocycles. The molecule has 0 bridgehead atoms. The molecule has 3 rings (SSSR count). The number of benzene rings is 2. The summed E-state index contributed by atoms with van der Waals surface area (Å²) in [7, 11) is -4.10. The predicted octanol–water partition coefficient (Wildman–Crippen LogP) is 1.87. The quantitative estimate of drug-likeness (QED) is 0.576. The number of halogens is 1. The molecule has 1 heterocycles. The summed E-state index contributed by atoms with van der Waals surface area (Å²) in [6.45, 7) is 5.89. The number of carbonyl (C=O) groups is 1. The highest BCUT2D eigenvalue weighted by Gasteiger charge is 2.27. The first kappa shape index (κ1) is 24.0. The van der Waals surface area contributed by atoms with Gasteiger partial charge in [0.2, 0.25) is 5.91 Å². The van der Waals surface area contributed by atoms with E-state index in [1.807, 2.05) is 6.92 Å². The zero-order valence-electron chi connectivity index (χ0n) is 18.0. The number of carbonyl (C=O) groups excluding carboxylic acids is 1. The van der Waals surface area contributed by atoms with Crippen LogP contribution in [0.5, 0.6) is 5.75 Å². The summed E-state index contributed by atoms with van der Waals surface area (Å²) < 4.78 is 51.6. The summed E-state index contributed by atoms with van der Waals surface area (Å²) in [4.78, 5) is 14.7. The summed E-state index contributed by atoms with van der Waals surface area (Å²) in [5.41, 5.74) is 0.307. The van der Waals surface area contributed by atoms with Gasteiger partial charge in [0.1, 0.15) is 18.1 Å². The molecule has 1 aliphatic rings. The van der Waals surface area contributed by atoms with E-state index in [2.05, 4.69) is 10.2 Å². The second-order valence-corrected chi connectivity index (χ2v) is 9.06. The maximum Gasteiger partial charge on any atom is 0.264 e. The molecule has 0 spiro atoms. The lowest BCUT2D eigenvalue weighted by Gasteiger charge is -2.27. The first-order chi connectivity index (χ1) is 15.4. The van der Waals surface area contributed by atoms with Crippen molar-refractivity contribution in [1.29, 1.82) is 0 Å². The van der Waals surface area contributed by atoms with Gasteiger partial charge in [0, 0.05) is 26.2 Å². The van der Waals surface area contributed by atoms with Crippen molar-refractivity contribution in [2.75, 3.05) is 56.8 Å². The Morgan fingerprint density at radius 1 is 1.12 bits per heavy atom. The van der Waals surface area contributed by atoms with Gasteiger partial charge >= 0.3 is 0 Å². The van der Waals surface area contributed by atoms with Crippen LogP contribution in [0.3, 0.4) is 0 Å². The average Bonchev–Trinajstić information content (AvgIpc) is 2.79. The summed E-state index contributed by atoms with van der Waals surface area (Å²) in [5.74, 6) is -0.388. The topological polar surface area (TPSA) is 88.2 Å². The normalized spacial score (nSPS) is 14.7. The molecule has 10 heteroatoms. The number of hydrogen-bond donors (Lipinski definition) is 1. The second kappa shape index (κ2) is 11.3. The number of sulfonamides is 1. The van der Waals surface area contributed by atoms with E-state index in [4.69, 9.17) is 9.47 Å². The van der Waals surface area contributed by atoms with Crippen LogP contribution in [0.4, 0.5) is 10.1 Å². The molecule has 32 heavy (non-hydrogen) atoms. The molecule has 0 saturated carbocycles. The predicted molar refractivity (Wildman–Crippen MR) is 119 cm³/mol. The lowest BCUT2D eigenvalue weighted by molar-refractivity contribution is -0.119. The van der Waals surface area contributed by atoms with E-state index in [1.54, 1.807) is 24.3 Å². The summed E-state index contributed by atoms with van der Waals surface area (Å²) >= 11 is 0. The third kappa shape index (κ3) is 6.41.